The molecule has 0 saturated carbocycles. The van der Waals surface area contributed by atoms with Crippen molar-refractivity contribution in [3.63, 3.8) is 0 Å². The van der Waals surface area contributed by atoms with Crippen LogP contribution in [-0.4, -0.2) is 58.9 Å². The zero-order valence-corrected chi connectivity index (χ0v) is 19.1. The summed E-state index contributed by atoms with van der Waals surface area (Å²) in [5.74, 6) is -0.134. The van der Waals surface area contributed by atoms with Gasteiger partial charge in [-0.05, 0) is 43.0 Å². The van der Waals surface area contributed by atoms with E-state index in [0.29, 0.717) is 25.3 Å². The minimum absolute atomic E-state index is 0.0723. The van der Waals surface area contributed by atoms with E-state index >= 15 is 0 Å². The van der Waals surface area contributed by atoms with E-state index in [9.17, 15) is 13.2 Å². The van der Waals surface area contributed by atoms with Crippen LogP contribution < -0.4 is 15.5 Å². The summed E-state index contributed by atoms with van der Waals surface area (Å²) in [7, 11) is 0.240. The second-order valence-electron chi connectivity index (χ2n) is 7.98. The van der Waals surface area contributed by atoms with Crippen LogP contribution in [0.15, 0.2) is 53.4 Å². The highest BCUT2D eigenvalue weighted by molar-refractivity contribution is 7.89. The lowest BCUT2D eigenvalue weighted by molar-refractivity contribution is -0.119. The van der Waals surface area contributed by atoms with E-state index in [1.807, 2.05) is 49.3 Å². The largest absolute Gasteiger partial charge is 0.376 e. The first kappa shape index (κ1) is 23.1. The Hall–Kier alpha value is -2.58. The van der Waals surface area contributed by atoms with Crippen molar-refractivity contribution in [1.29, 1.82) is 0 Å². The lowest BCUT2D eigenvalue weighted by Crippen LogP contribution is -2.35. The van der Waals surface area contributed by atoms with Crippen LogP contribution in [0.5, 0.6) is 0 Å². The molecule has 0 atom stereocenters. The molecule has 2 N–H and O–H groups in total. The molecule has 1 amide bonds. The van der Waals surface area contributed by atoms with Crippen LogP contribution in [0.4, 0.5) is 11.4 Å². The summed E-state index contributed by atoms with van der Waals surface area (Å²) in [5, 5.41) is 6.03. The average molecular weight is 445 g/mol. The van der Waals surface area contributed by atoms with Crippen molar-refractivity contribution in [3.05, 3.63) is 54.1 Å². The molecule has 2 aromatic carbocycles. The van der Waals surface area contributed by atoms with E-state index in [2.05, 4.69) is 10.6 Å². The van der Waals surface area contributed by atoms with Gasteiger partial charge in [-0.15, -0.1) is 0 Å². The maximum atomic E-state index is 13.0. The van der Waals surface area contributed by atoms with Crippen LogP contribution >= 0.6 is 0 Å². The first-order valence-electron chi connectivity index (χ1n) is 10.7. The van der Waals surface area contributed by atoms with Crippen LogP contribution in [0.1, 0.15) is 24.8 Å². The fourth-order valence-corrected chi connectivity index (χ4v) is 5.23. The van der Waals surface area contributed by atoms with E-state index in [-0.39, 0.29) is 17.3 Å². The highest BCUT2D eigenvalue weighted by Crippen LogP contribution is 2.29. The Bertz CT molecular complexity index is 972. The molecule has 0 aromatic heterocycles. The van der Waals surface area contributed by atoms with Gasteiger partial charge in [-0.1, -0.05) is 36.8 Å². The predicted molar refractivity (Wildman–Crippen MR) is 125 cm³/mol. The topological polar surface area (TPSA) is 81.8 Å². The van der Waals surface area contributed by atoms with Crippen LogP contribution in [-0.2, 0) is 21.2 Å². The van der Waals surface area contributed by atoms with Gasteiger partial charge in [0.15, 0.2) is 0 Å². The Kier molecular flexibility index (Phi) is 7.92. The van der Waals surface area contributed by atoms with E-state index in [4.69, 9.17) is 0 Å². The minimum atomic E-state index is -3.54. The van der Waals surface area contributed by atoms with Gasteiger partial charge in [-0.25, -0.2) is 8.42 Å². The third kappa shape index (κ3) is 6.21. The first-order chi connectivity index (χ1) is 14.9. The molecular weight excluding hydrogens is 412 g/mol. The van der Waals surface area contributed by atoms with Gasteiger partial charge in [0.05, 0.1) is 22.8 Å². The number of carbonyl (C=O) groups excluding carboxylic acids is 1. The predicted octanol–water partition coefficient (Wildman–Crippen LogP) is 2.70. The van der Waals surface area contributed by atoms with Crippen molar-refractivity contribution < 1.29 is 13.2 Å². The molecule has 2 aromatic rings. The quantitative estimate of drug-likeness (QED) is 0.622. The van der Waals surface area contributed by atoms with Crippen LogP contribution in [0.3, 0.4) is 0 Å². The van der Waals surface area contributed by atoms with E-state index in [1.54, 1.807) is 22.5 Å². The van der Waals surface area contributed by atoms with Crippen LogP contribution in [0.2, 0.25) is 0 Å². The molecule has 1 heterocycles. The molecule has 3 rings (SSSR count). The monoisotopic (exact) mass is 444 g/mol. The summed E-state index contributed by atoms with van der Waals surface area (Å²) in [6, 6.07) is 15.0. The van der Waals surface area contributed by atoms with Crippen molar-refractivity contribution >= 4 is 27.3 Å². The van der Waals surface area contributed by atoms with Crippen molar-refractivity contribution in [2.75, 3.05) is 50.5 Å². The van der Waals surface area contributed by atoms with Crippen LogP contribution in [0, 0.1) is 0 Å². The lowest BCUT2D eigenvalue weighted by atomic mass is 10.1. The molecule has 1 aliphatic rings. The van der Waals surface area contributed by atoms with Crippen molar-refractivity contribution in [2.24, 2.45) is 0 Å². The molecule has 0 unspecified atom stereocenters. The number of hydrogen-bond acceptors (Lipinski definition) is 5. The third-order valence-electron chi connectivity index (χ3n) is 5.42. The molecule has 168 valence electrons. The number of piperidine rings is 1. The number of rotatable bonds is 9. The van der Waals surface area contributed by atoms with E-state index in [0.717, 1.165) is 31.4 Å². The SMILES string of the molecule is CN(C)c1ccc(S(=O)(=O)N2CCCCC2)cc1NCC(=O)NCCc1ccccc1. The minimum Gasteiger partial charge on any atom is -0.376 e. The Morgan fingerprint density at radius 1 is 1.03 bits per heavy atom. The van der Waals surface area contributed by atoms with Gasteiger partial charge in [0.2, 0.25) is 15.9 Å². The normalized spacial score (nSPS) is 14.8. The number of benzene rings is 2. The van der Waals surface area contributed by atoms with Gasteiger partial charge < -0.3 is 15.5 Å². The lowest BCUT2D eigenvalue weighted by Gasteiger charge is -2.27. The van der Waals surface area contributed by atoms with Gasteiger partial charge in [0.25, 0.3) is 0 Å². The smallest absolute Gasteiger partial charge is 0.243 e. The third-order valence-corrected chi connectivity index (χ3v) is 7.32. The number of nitrogens with zero attached hydrogens (tertiary/aromatic N) is 2. The molecule has 0 radical (unpaired) electrons. The highest BCUT2D eigenvalue weighted by Gasteiger charge is 2.26. The molecule has 0 bridgehead atoms. The number of anilines is 2. The first-order valence-corrected chi connectivity index (χ1v) is 12.2. The number of sulfonamides is 1. The summed E-state index contributed by atoms with van der Waals surface area (Å²) in [6.45, 7) is 1.74. The fraction of sp³-hybridized carbons (Fsp3) is 0.435. The molecule has 1 fully saturated rings. The van der Waals surface area contributed by atoms with E-state index in [1.165, 1.54) is 5.56 Å². The Morgan fingerprint density at radius 2 is 1.74 bits per heavy atom. The van der Waals surface area contributed by atoms with Crippen LogP contribution in [0.25, 0.3) is 0 Å². The molecule has 1 aliphatic heterocycles. The number of hydrogen-bond donors (Lipinski definition) is 2. The van der Waals surface area contributed by atoms with Gasteiger partial charge >= 0.3 is 0 Å². The summed E-state index contributed by atoms with van der Waals surface area (Å²) in [4.78, 5) is 14.5. The molecule has 7 nitrogen and oxygen atoms in total. The van der Waals surface area contributed by atoms with Gasteiger partial charge in [-0.2, -0.15) is 4.31 Å². The average Bonchev–Trinajstić information content (AvgIpc) is 2.78. The number of nitrogens with one attached hydrogen (secondary N) is 2. The highest BCUT2D eigenvalue weighted by atomic mass is 32.2. The molecule has 8 heteroatoms. The molecule has 1 saturated heterocycles. The van der Waals surface area contributed by atoms with Crippen molar-refractivity contribution in [1.82, 2.24) is 9.62 Å². The molecule has 31 heavy (non-hydrogen) atoms. The fourth-order valence-electron chi connectivity index (χ4n) is 3.69. The molecule has 0 aliphatic carbocycles. The Labute approximate surface area is 185 Å². The number of carbonyl (C=O) groups is 1. The summed E-state index contributed by atoms with van der Waals surface area (Å²) in [6.07, 6.45) is 3.61. The molecular formula is C23H32N4O3S. The Morgan fingerprint density at radius 3 is 2.42 bits per heavy atom. The maximum Gasteiger partial charge on any atom is 0.243 e. The second kappa shape index (κ2) is 10.6. The zero-order valence-electron chi connectivity index (χ0n) is 18.3. The molecule has 0 spiro atoms. The maximum absolute atomic E-state index is 13.0. The van der Waals surface area contributed by atoms with Gasteiger partial charge in [-0.3, -0.25) is 4.79 Å². The van der Waals surface area contributed by atoms with Gasteiger partial charge in [0, 0.05) is 33.7 Å². The number of amides is 1. The summed E-state index contributed by atoms with van der Waals surface area (Å²) >= 11 is 0. The summed E-state index contributed by atoms with van der Waals surface area (Å²) < 4.78 is 27.6. The van der Waals surface area contributed by atoms with Crippen molar-refractivity contribution in [3.8, 4) is 0 Å². The Balaban J connectivity index is 1.64. The van der Waals surface area contributed by atoms with Crippen molar-refractivity contribution in [2.45, 2.75) is 30.6 Å². The van der Waals surface area contributed by atoms with Gasteiger partial charge in [0.1, 0.15) is 0 Å². The summed E-state index contributed by atoms with van der Waals surface area (Å²) in [5.41, 5.74) is 2.62. The van der Waals surface area contributed by atoms with E-state index < -0.39 is 10.0 Å². The zero-order chi connectivity index (χ0) is 22.3. The standard InChI is InChI=1S/C23H32N4O3S/c1-26(2)22-12-11-20(31(29,30)27-15-7-4-8-16-27)17-21(22)25-18-23(28)24-14-13-19-9-5-3-6-10-19/h3,5-6,9-12,17,25H,4,7-8,13-16,18H2,1-2H3,(H,24,28). The second-order valence-corrected chi connectivity index (χ2v) is 9.92.